The van der Waals surface area contributed by atoms with Gasteiger partial charge in [0.1, 0.15) is 5.60 Å². The summed E-state index contributed by atoms with van der Waals surface area (Å²) in [6.45, 7) is 7.07. The lowest BCUT2D eigenvalue weighted by molar-refractivity contribution is -0.00368. The van der Waals surface area contributed by atoms with Crippen LogP contribution in [0.4, 0.5) is 4.79 Å². The van der Waals surface area contributed by atoms with E-state index >= 15 is 0 Å². The van der Waals surface area contributed by atoms with Gasteiger partial charge in [-0.05, 0) is 20.8 Å². The molecular weight excluding hydrogens is 321 g/mol. The minimum atomic E-state index is -0.411. The largest absolute Gasteiger partial charge is 0.444 e. The summed E-state index contributed by atoms with van der Waals surface area (Å²) in [6, 6.07) is 0.353. The van der Waals surface area contributed by atoms with Crippen molar-refractivity contribution in [2.45, 2.75) is 32.4 Å². The highest BCUT2D eigenvalue weighted by Crippen LogP contribution is 2.20. The van der Waals surface area contributed by atoms with Crippen LogP contribution in [0.3, 0.4) is 0 Å². The molecular formula is C10H16IN3O2. The standard InChI is InChI=1S/C10H16IN3O2/c1-10(2,3)16-9(15)13-4-8(5-13)14-7-11-6-12-14/h6-8H,4-5H2,1-3H3. The van der Waals surface area contributed by atoms with Crippen LogP contribution in [0, 0.1) is 0 Å². The van der Waals surface area contributed by atoms with Crippen LogP contribution >= 0.6 is 20.7 Å². The van der Waals surface area contributed by atoms with E-state index in [0.29, 0.717) is 19.1 Å². The molecule has 0 aliphatic carbocycles. The highest BCUT2D eigenvalue weighted by atomic mass is 127. The predicted molar refractivity (Wildman–Crippen MR) is 72.0 cm³/mol. The van der Waals surface area contributed by atoms with Crippen LogP contribution in [0.2, 0.25) is 0 Å². The molecule has 90 valence electrons. The Morgan fingerprint density at radius 1 is 1.50 bits per heavy atom. The van der Waals surface area contributed by atoms with E-state index in [1.54, 1.807) is 4.90 Å². The molecule has 0 bridgehead atoms. The summed E-state index contributed by atoms with van der Waals surface area (Å²) in [4.78, 5) is 13.4. The number of carbonyl (C=O) groups is 1. The van der Waals surface area contributed by atoms with Crippen LogP contribution in [-0.2, 0) is 4.74 Å². The van der Waals surface area contributed by atoms with E-state index < -0.39 is 5.60 Å². The number of rotatable bonds is 1. The van der Waals surface area contributed by atoms with Crippen LogP contribution in [0.25, 0.3) is 0 Å². The second-order valence-corrected chi connectivity index (χ2v) is 6.69. The molecule has 16 heavy (non-hydrogen) atoms. The number of likely N-dealkylation sites (tertiary alicyclic amines) is 1. The Balaban J connectivity index is 1.77. The van der Waals surface area contributed by atoms with Gasteiger partial charge in [0.25, 0.3) is 0 Å². The van der Waals surface area contributed by atoms with E-state index in [4.69, 9.17) is 4.74 Å². The SMILES string of the molecule is CC(C)(C)OC(=O)N1CC(N2C=IC=N2)C1. The molecule has 0 aromatic heterocycles. The van der Waals surface area contributed by atoms with Gasteiger partial charge < -0.3 is 9.64 Å². The van der Waals surface area contributed by atoms with Crippen LogP contribution < -0.4 is 0 Å². The first-order valence-corrected chi connectivity index (χ1v) is 7.69. The summed E-state index contributed by atoms with van der Waals surface area (Å²) in [6.07, 6.45) is -0.221. The number of carbonyl (C=O) groups excluding carboxylic acids is 1. The van der Waals surface area contributed by atoms with Crippen molar-refractivity contribution in [1.29, 1.82) is 0 Å². The van der Waals surface area contributed by atoms with Gasteiger partial charge in [0.2, 0.25) is 0 Å². The molecule has 0 aromatic carbocycles. The third kappa shape index (κ3) is 2.72. The van der Waals surface area contributed by atoms with Crippen molar-refractivity contribution < 1.29 is 9.53 Å². The van der Waals surface area contributed by atoms with Gasteiger partial charge in [-0.25, -0.2) is 4.79 Å². The molecule has 0 aromatic rings. The maximum atomic E-state index is 11.6. The quantitative estimate of drug-likeness (QED) is 0.683. The van der Waals surface area contributed by atoms with E-state index in [1.807, 2.05) is 30.0 Å². The van der Waals surface area contributed by atoms with Crippen molar-refractivity contribution in [2.24, 2.45) is 5.10 Å². The maximum Gasteiger partial charge on any atom is 0.410 e. The van der Waals surface area contributed by atoms with E-state index in [9.17, 15) is 4.79 Å². The number of amides is 1. The lowest BCUT2D eigenvalue weighted by Crippen LogP contribution is -2.59. The van der Waals surface area contributed by atoms with E-state index in [0.717, 1.165) is 0 Å². The molecule has 0 radical (unpaired) electrons. The number of hydrazone groups is 1. The number of hydrogen-bond donors (Lipinski definition) is 0. The fourth-order valence-electron chi connectivity index (χ4n) is 1.46. The Labute approximate surface area is 105 Å². The van der Waals surface area contributed by atoms with Crippen molar-refractivity contribution in [3.63, 3.8) is 0 Å². The molecule has 6 heteroatoms. The minimum absolute atomic E-state index is 0.0177. The molecule has 0 atom stereocenters. The highest BCUT2D eigenvalue weighted by Gasteiger charge is 2.36. The lowest BCUT2D eigenvalue weighted by atomic mass is 10.1. The first-order chi connectivity index (χ1) is 7.46. The average Bonchev–Trinajstić information content (AvgIpc) is 2.49. The fraction of sp³-hybridized carbons (Fsp3) is 0.700. The van der Waals surface area contributed by atoms with Gasteiger partial charge in [-0.1, -0.05) is 20.7 Å². The van der Waals surface area contributed by atoms with Gasteiger partial charge in [-0.2, -0.15) is 5.10 Å². The first kappa shape index (κ1) is 11.8. The third-order valence-electron chi connectivity index (χ3n) is 2.28. The number of nitrogens with zero attached hydrogens (tertiary/aromatic N) is 3. The molecule has 2 aliphatic rings. The monoisotopic (exact) mass is 337 g/mol. The van der Waals surface area contributed by atoms with Crippen LogP contribution in [0.15, 0.2) is 5.10 Å². The molecule has 0 N–H and O–H groups in total. The maximum absolute atomic E-state index is 11.6. The summed E-state index contributed by atoms with van der Waals surface area (Å²) < 4.78 is 9.41. The van der Waals surface area contributed by atoms with Crippen molar-refractivity contribution in [1.82, 2.24) is 9.91 Å². The summed E-state index contributed by atoms with van der Waals surface area (Å²) in [5.41, 5.74) is -0.411. The normalized spacial score (nSPS) is 20.7. The Morgan fingerprint density at radius 2 is 2.19 bits per heavy atom. The molecule has 2 heterocycles. The molecule has 1 saturated heterocycles. The minimum Gasteiger partial charge on any atom is -0.444 e. The number of ether oxygens (including phenoxy) is 1. The number of halogens is 1. The van der Waals surface area contributed by atoms with Gasteiger partial charge in [-0.15, -0.1) is 0 Å². The van der Waals surface area contributed by atoms with Gasteiger partial charge >= 0.3 is 6.09 Å². The summed E-state index contributed by atoms with van der Waals surface area (Å²) in [5, 5.41) is 6.23. The van der Waals surface area contributed by atoms with Crippen molar-refractivity contribution >= 4 is 35.2 Å². The molecule has 1 amide bonds. The van der Waals surface area contributed by atoms with E-state index in [2.05, 4.69) is 9.24 Å². The molecule has 2 aliphatic heterocycles. The summed E-state index contributed by atoms with van der Waals surface area (Å²) in [7, 11) is 0. The van der Waals surface area contributed by atoms with Crippen LogP contribution in [0.5, 0.6) is 0 Å². The zero-order valence-electron chi connectivity index (χ0n) is 9.68. The van der Waals surface area contributed by atoms with Crippen molar-refractivity contribution in [2.75, 3.05) is 13.1 Å². The zero-order valence-corrected chi connectivity index (χ0v) is 11.8. The van der Waals surface area contributed by atoms with E-state index in [1.165, 1.54) is 0 Å². The van der Waals surface area contributed by atoms with Crippen molar-refractivity contribution in [3.8, 4) is 0 Å². The van der Waals surface area contributed by atoms with Crippen LogP contribution in [0.1, 0.15) is 20.8 Å². The van der Waals surface area contributed by atoms with Crippen molar-refractivity contribution in [3.05, 3.63) is 0 Å². The second kappa shape index (κ2) is 4.31. The first-order valence-electron chi connectivity index (χ1n) is 5.20. The smallest absolute Gasteiger partial charge is 0.410 e. The molecule has 2 rings (SSSR count). The Morgan fingerprint density at radius 3 is 2.69 bits per heavy atom. The second-order valence-electron chi connectivity index (χ2n) is 4.86. The number of hydrogen-bond acceptors (Lipinski definition) is 4. The summed E-state index contributed by atoms with van der Waals surface area (Å²) >= 11 is 0.0177. The van der Waals surface area contributed by atoms with E-state index in [-0.39, 0.29) is 26.8 Å². The lowest BCUT2D eigenvalue weighted by Gasteiger charge is -2.42. The van der Waals surface area contributed by atoms with Gasteiger partial charge in [0.05, 0.1) is 14.4 Å². The zero-order chi connectivity index (χ0) is 11.8. The molecule has 0 unspecified atom stereocenters. The molecule has 0 spiro atoms. The summed E-state index contributed by atoms with van der Waals surface area (Å²) in [5.74, 6) is 0. The Bertz CT molecular complexity index is 330. The van der Waals surface area contributed by atoms with Gasteiger partial charge in [0, 0.05) is 13.1 Å². The average molecular weight is 337 g/mol. The molecule has 0 saturated carbocycles. The topological polar surface area (TPSA) is 45.1 Å². The van der Waals surface area contributed by atoms with Gasteiger partial charge in [0.15, 0.2) is 0 Å². The molecule has 1 fully saturated rings. The Kier molecular flexibility index (Phi) is 3.18. The predicted octanol–water partition coefficient (Wildman–Crippen LogP) is 1.60. The highest BCUT2D eigenvalue weighted by molar-refractivity contribution is 14.2. The fourth-order valence-corrected chi connectivity index (χ4v) is 2.96. The molecule has 5 nitrogen and oxygen atoms in total. The Hall–Kier alpha value is -0.660. The van der Waals surface area contributed by atoms with Crippen LogP contribution in [-0.4, -0.2) is 49.1 Å². The third-order valence-corrected chi connectivity index (χ3v) is 3.74. The van der Waals surface area contributed by atoms with Gasteiger partial charge in [-0.3, -0.25) is 5.01 Å².